The van der Waals surface area contributed by atoms with Gasteiger partial charge in [0, 0.05) is 48.7 Å². The Morgan fingerprint density at radius 1 is 0.840 bits per heavy atom. The van der Waals surface area contributed by atoms with E-state index in [1.54, 1.807) is 24.1 Å². The van der Waals surface area contributed by atoms with E-state index in [4.69, 9.17) is 9.47 Å². The molecule has 2 amide bonds. The third-order valence-electron chi connectivity index (χ3n) is 9.08. The number of benzene rings is 4. The maximum absolute atomic E-state index is 13.8. The molecule has 0 radical (unpaired) electrons. The molecule has 2 aliphatic heterocycles. The van der Waals surface area contributed by atoms with Gasteiger partial charge in [0.25, 0.3) is 21.8 Å². The van der Waals surface area contributed by atoms with Crippen LogP contribution in [0.2, 0.25) is 0 Å². The Labute approximate surface area is 290 Å². The number of nitrogens with one attached hydrogen (secondary N) is 2. The molecule has 50 heavy (non-hydrogen) atoms. The van der Waals surface area contributed by atoms with E-state index in [9.17, 15) is 18.0 Å². The smallest absolute Gasteiger partial charge is 0.264 e. The van der Waals surface area contributed by atoms with Crippen molar-refractivity contribution in [3.63, 3.8) is 0 Å². The quantitative estimate of drug-likeness (QED) is 0.235. The van der Waals surface area contributed by atoms with Gasteiger partial charge in [0.15, 0.2) is 5.72 Å². The Balaban J connectivity index is 1.22. The van der Waals surface area contributed by atoms with Crippen molar-refractivity contribution in [2.24, 2.45) is 0 Å². The van der Waals surface area contributed by atoms with Gasteiger partial charge in [0.1, 0.15) is 5.75 Å². The number of aryl methyl sites for hydroxylation is 2. The SMILES string of the molecule is COc1cccc(-c2cccc(C(=O)N3CCC4(CC3)NC(=O)c3cccc(c3)S(=O)(=O)Nc3nc(cc(-c5c(C)cccc5C)n3)O4)c2)c1. The van der Waals surface area contributed by atoms with Gasteiger partial charge in [0.05, 0.1) is 17.7 Å². The topological polar surface area (TPSA) is 140 Å². The first-order valence-corrected chi connectivity index (χ1v) is 17.6. The normalized spacial score (nSPS) is 16.2. The molecule has 0 aliphatic carbocycles. The van der Waals surface area contributed by atoms with E-state index in [1.807, 2.05) is 74.5 Å². The summed E-state index contributed by atoms with van der Waals surface area (Å²) in [4.78, 5) is 38.2. The van der Waals surface area contributed by atoms with Gasteiger partial charge in [-0.2, -0.15) is 4.98 Å². The number of carbonyl (C=O) groups excluding carboxylic acids is 2. The molecule has 5 aromatic rings. The average Bonchev–Trinajstić information content (AvgIpc) is 3.11. The number of sulfonamides is 1. The van der Waals surface area contributed by atoms with Crippen LogP contribution >= 0.6 is 0 Å². The van der Waals surface area contributed by atoms with Gasteiger partial charge in [-0.15, -0.1) is 0 Å². The third kappa shape index (κ3) is 6.49. The summed E-state index contributed by atoms with van der Waals surface area (Å²) in [5.74, 6) is -0.0343. The van der Waals surface area contributed by atoms with E-state index in [1.165, 1.54) is 24.3 Å². The molecule has 4 aromatic carbocycles. The van der Waals surface area contributed by atoms with Crippen LogP contribution in [0.25, 0.3) is 22.4 Å². The van der Waals surface area contributed by atoms with E-state index in [0.29, 0.717) is 11.3 Å². The minimum Gasteiger partial charge on any atom is -0.497 e. The summed E-state index contributed by atoms with van der Waals surface area (Å²) in [7, 11) is -2.54. The number of carbonyl (C=O) groups is 2. The molecule has 3 heterocycles. The second kappa shape index (κ2) is 12.9. The minimum atomic E-state index is -4.15. The summed E-state index contributed by atoms with van der Waals surface area (Å²) < 4.78 is 41.3. The number of amides is 2. The number of rotatable bonds is 4. The zero-order chi connectivity index (χ0) is 35.0. The largest absolute Gasteiger partial charge is 0.497 e. The van der Waals surface area contributed by atoms with Crippen molar-refractivity contribution in [2.45, 2.75) is 37.3 Å². The lowest BCUT2D eigenvalue weighted by Gasteiger charge is -2.42. The van der Waals surface area contributed by atoms with E-state index >= 15 is 0 Å². The fourth-order valence-corrected chi connectivity index (χ4v) is 7.46. The third-order valence-corrected chi connectivity index (χ3v) is 10.4. The number of methoxy groups -OCH3 is 1. The summed E-state index contributed by atoms with van der Waals surface area (Å²) in [6.45, 7) is 4.44. The van der Waals surface area contributed by atoms with Crippen molar-refractivity contribution in [1.29, 1.82) is 0 Å². The number of aromatic nitrogens is 2. The van der Waals surface area contributed by atoms with Crippen molar-refractivity contribution >= 4 is 27.8 Å². The molecule has 4 bridgehead atoms. The van der Waals surface area contributed by atoms with Crippen LogP contribution in [-0.2, 0) is 10.0 Å². The first-order valence-electron chi connectivity index (χ1n) is 16.2. The zero-order valence-corrected chi connectivity index (χ0v) is 28.6. The average molecular weight is 690 g/mol. The molecule has 12 heteroatoms. The van der Waals surface area contributed by atoms with Crippen molar-refractivity contribution < 1.29 is 27.5 Å². The second-order valence-corrected chi connectivity index (χ2v) is 14.2. The van der Waals surface area contributed by atoms with Crippen LogP contribution < -0.4 is 19.5 Å². The summed E-state index contributed by atoms with van der Waals surface area (Å²) in [5.41, 5.74) is 4.35. The van der Waals surface area contributed by atoms with Crippen LogP contribution in [0, 0.1) is 13.8 Å². The molecule has 0 unspecified atom stereocenters. The number of hydrogen-bond donors (Lipinski definition) is 2. The molecule has 2 aliphatic rings. The van der Waals surface area contributed by atoms with Gasteiger partial charge < -0.3 is 19.7 Å². The first-order chi connectivity index (χ1) is 24.0. The molecular weight excluding hydrogens is 655 g/mol. The summed E-state index contributed by atoms with van der Waals surface area (Å²) in [5, 5.41) is 3.03. The fourth-order valence-electron chi connectivity index (χ4n) is 6.47. The molecule has 1 fully saturated rings. The van der Waals surface area contributed by atoms with Crippen molar-refractivity contribution in [3.05, 3.63) is 119 Å². The molecule has 1 spiro atoms. The highest BCUT2D eigenvalue weighted by molar-refractivity contribution is 7.92. The van der Waals surface area contributed by atoms with Crippen LogP contribution in [-0.4, -0.2) is 61.0 Å². The zero-order valence-electron chi connectivity index (χ0n) is 27.8. The highest BCUT2D eigenvalue weighted by Gasteiger charge is 2.41. The number of fused-ring (bicyclic) bond motifs is 4. The Morgan fingerprint density at radius 3 is 2.24 bits per heavy atom. The van der Waals surface area contributed by atoms with Crippen molar-refractivity contribution in [1.82, 2.24) is 20.2 Å². The maximum atomic E-state index is 13.8. The van der Waals surface area contributed by atoms with Crippen LogP contribution in [0.3, 0.4) is 0 Å². The number of ether oxygens (including phenoxy) is 2. The lowest BCUT2D eigenvalue weighted by atomic mass is 9.97. The van der Waals surface area contributed by atoms with Crippen molar-refractivity contribution in [3.8, 4) is 34.0 Å². The Kier molecular flexibility index (Phi) is 8.48. The lowest BCUT2D eigenvalue weighted by Crippen LogP contribution is -2.59. The molecule has 254 valence electrons. The van der Waals surface area contributed by atoms with E-state index in [2.05, 4.69) is 20.0 Å². The minimum absolute atomic E-state index is 0.0747. The summed E-state index contributed by atoms with van der Waals surface area (Å²) >= 11 is 0. The fraction of sp³-hybridized carbons (Fsp3) is 0.211. The number of hydrogen-bond acceptors (Lipinski definition) is 8. The van der Waals surface area contributed by atoms with E-state index in [0.717, 1.165) is 33.6 Å². The molecular formula is C38H35N5O6S. The van der Waals surface area contributed by atoms with Gasteiger partial charge in [-0.3, -0.25) is 9.59 Å². The predicted molar refractivity (Wildman–Crippen MR) is 189 cm³/mol. The maximum Gasteiger partial charge on any atom is 0.264 e. The highest BCUT2D eigenvalue weighted by Crippen LogP contribution is 2.34. The van der Waals surface area contributed by atoms with Crippen molar-refractivity contribution in [2.75, 3.05) is 24.9 Å². The van der Waals surface area contributed by atoms with Crippen LogP contribution in [0.15, 0.2) is 102 Å². The Hall–Kier alpha value is -5.75. The predicted octanol–water partition coefficient (Wildman–Crippen LogP) is 5.99. The van der Waals surface area contributed by atoms with Crippen LogP contribution in [0.5, 0.6) is 11.6 Å². The number of piperidine rings is 1. The van der Waals surface area contributed by atoms with Gasteiger partial charge in [0.2, 0.25) is 11.8 Å². The van der Waals surface area contributed by atoms with Gasteiger partial charge in [-0.05, 0) is 78.6 Å². The second-order valence-electron chi connectivity index (χ2n) is 12.5. The van der Waals surface area contributed by atoms with Gasteiger partial charge in [-0.25, -0.2) is 18.1 Å². The standard InChI is InChI=1S/C38H35N5O6S/c1-24-8-4-9-25(2)34(24)32-23-33-40-37(39-32)42-50(46,47)31-15-7-12-28(22-31)35(44)41-38(49-33)16-18-43(19-17-38)36(45)29-13-5-10-26(20-29)27-11-6-14-30(21-27)48-3/h4-15,20-23H,16-19H2,1-3H3,(H,41,44)(H,39,40,42). The summed E-state index contributed by atoms with van der Waals surface area (Å²) in [6, 6.07) is 28.3. The Morgan fingerprint density at radius 2 is 1.50 bits per heavy atom. The van der Waals surface area contributed by atoms with E-state index < -0.39 is 21.7 Å². The monoisotopic (exact) mass is 689 g/mol. The summed E-state index contributed by atoms with van der Waals surface area (Å²) in [6.07, 6.45) is 0.479. The number of likely N-dealkylation sites (tertiary alicyclic amines) is 1. The molecule has 1 saturated heterocycles. The molecule has 11 nitrogen and oxygen atoms in total. The molecule has 2 N–H and O–H groups in total. The first kappa shape index (κ1) is 32.8. The number of nitrogens with zero attached hydrogens (tertiary/aromatic N) is 3. The molecule has 1 aromatic heterocycles. The number of anilines is 1. The molecule has 0 saturated carbocycles. The molecule has 0 atom stereocenters. The van der Waals surface area contributed by atoms with E-state index in [-0.39, 0.29) is 54.1 Å². The molecule has 7 rings (SSSR count). The highest BCUT2D eigenvalue weighted by atomic mass is 32.2. The van der Waals surface area contributed by atoms with Gasteiger partial charge in [-0.1, -0.05) is 48.5 Å². The lowest BCUT2D eigenvalue weighted by molar-refractivity contribution is -0.0199. The van der Waals surface area contributed by atoms with Crippen LogP contribution in [0.1, 0.15) is 44.7 Å². The van der Waals surface area contributed by atoms with Gasteiger partial charge >= 0.3 is 0 Å². The Bertz CT molecular complexity index is 2230. The van der Waals surface area contributed by atoms with Crippen LogP contribution in [0.4, 0.5) is 5.95 Å².